The number of hydrogen-bond acceptors (Lipinski definition) is 4. The molecule has 0 amide bonds. The maximum atomic E-state index is 12.3. The van der Waals surface area contributed by atoms with Gasteiger partial charge in [0.15, 0.2) is 16.8 Å². The standard InChI is InChI=1S/C20H5Cl4I3O5/c21-11-9(10(20(30)31)12(22)14(24)13(11)23)8-4-1-2-7(28)15(26)18(4)32-19-5(8)3-6(25)17(29)16(19)27/h1-3,29H,(H,30,31). The van der Waals surface area contributed by atoms with E-state index in [0.717, 1.165) is 0 Å². The fraction of sp³-hybridized carbons (Fsp3) is 0. The first kappa shape index (κ1) is 24.9. The maximum Gasteiger partial charge on any atom is 0.337 e. The number of phenols is 1. The van der Waals surface area contributed by atoms with Gasteiger partial charge in [-0.05, 0) is 86.0 Å². The number of aromatic carboxylic acids is 1. The summed E-state index contributed by atoms with van der Waals surface area (Å²) in [6, 6.07) is 4.49. The fourth-order valence-electron chi connectivity index (χ4n) is 3.30. The summed E-state index contributed by atoms with van der Waals surface area (Å²) < 4.78 is 7.19. The van der Waals surface area contributed by atoms with E-state index in [2.05, 4.69) is 0 Å². The molecule has 164 valence electrons. The van der Waals surface area contributed by atoms with Crippen molar-refractivity contribution in [3.63, 3.8) is 0 Å². The Kier molecular flexibility index (Phi) is 7.05. The van der Waals surface area contributed by atoms with Gasteiger partial charge in [-0.25, -0.2) is 4.79 Å². The molecule has 0 spiro atoms. The number of phenolic OH excluding ortho intramolecular Hbond substituents is 1. The summed E-state index contributed by atoms with van der Waals surface area (Å²) in [7, 11) is 0. The normalized spacial score (nSPS) is 11.5. The highest BCUT2D eigenvalue weighted by molar-refractivity contribution is 14.1. The highest BCUT2D eigenvalue weighted by Crippen LogP contribution is 2.52. The van der Waals surface area contributed by atoms with Crippen molar-refractivity contribution in [2.75, 3.05) is 0 Å². The van der Waals surface area contributed by atoms with Crippen LogP contribution < -0.4 is 5.43 Å². The van der Waals surface area contributed by atoms with Crippen molar-refractivity contribution in [3.05, 3.63) is 64.8 Å². The van der Waals surface area contributed by atoms with Gasteiger partial charge in [-0.2, -0.15) is 0 Å². The van der Waals surface area contributed by atoms with Crippen molar-refractivity contribution < 1.29 is 19.4 Å². The molecule has 4 rings (SSSR count). The number of hydrogen-bond donors (Lipinski definition) is 2. The Morgan fingerprint density at radius 2 is 1.53 bits per heavy atom. The van der Waals surface area contributed by atoms with Gasteiger partial charge < -0.3 is 14.6 Å². The lowest BCUT2D eigenvalue weighted by atomic mass is 9.90. The summed E-state index contributed by atoms with van der Waals surface area (Å²) in [5.41, 5.74) is 0.378. The molecular weight excluding hydrogens is 843 g/mol. The second-order valence-corrected chi connectivity index (χ2v) is 11.3. The molecule has 2 N–H and O–H groups in total. The van der Waals surface area contributed by atoms with E-state index in [0.29, 0.717) is 23.7 Å². The minimum atomic E-state index is -1.37. The van der Waals surface area contributed by atoms with E-state index in [-0.39, 0.29) is 57.3 Å². The summed E-state index contributed by atoms with van der Waals surface area (Å²) in [6.07, 6.45) is 0. The van der Waals surface area contributed by atoms with Crippen molar-refractivity contribution in [1.82, 2.24) is 0 Å². The lowest BCUT2D eigenvalue weighted by Crippen LogP contribution is -2.09. The highest BCUT2D eigenvalue weighted by Gasteiger charge is 2.31. The predicted molar refractivity (Wildman–Crippen MR) is 151 cm³/mol. The van der Waals surface area contributed by atoms with Crippen LogP contribution in [0.15, 0.2) is 27.4 Å². The van der Waals surface area contributed by atoms with Crippen molar-refractivity contribution in [1.29, 1.82) is 0 Å². The van der Waals surface area contributed by atoms with E-state index < -0.39 is 5.97 Å². The quantitative estimate of drug-likeness (QED) is 0.0917. The second kappa shape index (κ2) is 9.08. The molecule has 1 aliphatic carbocycles. The Bertz CT molecular complexity index is 1520. The molecular formula is C20H5Cl4I3O5. The Hall–Kier alpha value is -0.250. The number of fused-ring (bicyclic) bond motifs is 2. The van der Waals surface area contributed by atoms with Gasteiger partial charge in [0.05, 0.1) is 32.8 Å². The molecule has 1 aliphatic heterocycles. The summed E-state index contributed by atoms with van der Waals surface area (Å²) in [5.74, 6) is -1.18. The summed E-state index contributed by atoms with van der Waals surface area (Å²) >= 11 is 31.0. The molecule has 0 saturated carbocycles. The van der Waals surface area contributed by atoms with E-state index in [9.17, 15) is 19.8 Å². The zero-order valence-electron chi connectivity index (χ0n) is 15.0. The lowest BCUT2D eigenvalue weighted by Gasteiger charge is -2.21. The van der Waals surface area contributed by atoms with Crippen LogP contribution in [0.4, 0.5) is 0 Å². The molecule has 0 bridgehead atoms. The van der Waals surface area contributed by atoms with Gasteiger partial charge in [0.1, 0.15) is 9.32 Å². The lowest BCUT2D eigenvalue weighted by molar-refractivity contribution is 0.0698. The van der Waals surface area contributed by atoms with Crippen molar-refractivity contribution in [2.45, 2.75) is 0 Å². The Labute approximate surface area is 240 Å². The minimum Gasteiger partial charge on any atom is -0.506 e. The molecule has 32 heavy (non-hydrogen) atoms. The van der Waals surface area contributed by atoms with Crippen LogP contribution in [0.25, 0.3) is 33.4 Å². The predicted octanol–water partition coefficient (Wildman–Crippen LogP) is 8.40. The molecule has 0 saturated heterocycles. The molecule has 0 atom stereocenters. The van der Waals surface area contributed by atoms with Crippen LogP contribution in [0.2, 0.25) is 20.1 Å². The highest BCUT2D eigenvalue weighted by atomic mass is 127. The molecule has 12 heteroatoms. The topological polar surface area (TPSA) is 87.7 Å². The maximum absolute atomic E-state index is 12.3. The summed E-state index contributed by atoms with van der Waals surface area (Å²) in [4.78, 5) is 24.6. The number of benzene rings is 3. The number of halogens is 7. The van der Waals surface area contributed by atoms with Crippen LogP contribution in [0.3, 0.4) is 0 Å². The smallest absolute Gasteiger partial charge is 0.337 e. The number of carboxylic acid groups (broad SMARTS) is 1. The van der Waals surface area contributed by atoms with Crippen LogP contribution >= 0.6 is 114 Å². The average Bonchev–Trinajstić information content (AvgIpc) is 2.75. The van der Waals surface area contributed by atoms with E-state index in [4.69, 9.17) is 50.8 Å². The molecule has 1 heterocycles. The first-order valence-corrected chi connectivity index (χ1v) is 13.1. The van der Waals surface area contributed by atoms with Gasteiger partial charge in [0.25, 0.3) is 0 Å². The van der Waals surface area contributed by atoms with Gasteiger partial charge in [-0.15, -0.1) is 0 Å². The van der Waals surface area contributed by atoms with Gasteiger partial charge in [-0.1, -0.05) is 46.4 Å². The van der Waals surface area contributed by atoms with Crippen LogP contribution in [0, 0.1) is 10.7 Å². The minimum absolute atomic E-state index is 0.0160. The van der Waals surface area contributed by atoms with Crippen LogP contribution in [-0.4, -0.2) is 16.2 Å². The summed E-state index contributed by atoms with van der Waals surface area (Å²) in [6.45, 7) is 0. The zero-order chi connectivity index (χ0) is 23.6. The SMILES string of the molecule is O=C(O)c1c(Cl)c(Cl)c(Cl)c(Cl)c1-c1c2ccc(=O)c(I)c-2oc2c(I)c(O)c(I)cc12. The Morgan fingerprint density at radius 3 is 2.16 bits per heavy atom. The van der Waals surface area contributed by atoms with Crippen LogP contribution in [-0.2, 0) is 0 Å². The van der Waals surface area contributed by atoms with E-state index in [1.807, 2.05) is 67.8 Å². The monoisotopic (exact) mass is 846 g/mol. The molecule has 2 aromatic carbocycles. The van der Waals surface area contributed by atoms with Gasteiger partial charge in [0.2, 0.25) is 0 Å². The number of carboxylic acids is 1. The third-order valence-corrected chi connectivity index (χ3v) is 9.33. The molecule has 0 radical (unpaired) electrons. The molecule has 0 fully saturated rings. The number of rotatable bonds is 2. The zero-order valence-corrected chi connectivity index (χ0v) is 24.5. The van der Waals surface area contributed by atoms with E-state index in [1.54, 1.807) is 6.07 Å². The second-order valence-electron chi connectivity index (χ2n) is 6.44. The third kappa shape index (κ3) is 3.77. The van der Waals surface area contributed by atoms with E-state index in [1.165, 1.54) is 12.1 Å². The van der Waals surface area contributed by atoms with Gasteiger partial charge >= 0.3 is 5.97 Å². The molecule has 2 aliphatic rings. The fourth-order valence-corrected chi connectivity index (χ4v) is 6.69. The van der Waals surface area contributed by atoms with Gasteiger partial charge in [0, 0.05) is 22.1 Å². The first-order chi connectivity index (χ1) is 15.0. The average molecular weight is 848 g/mol. The van der Waals surface area contributed by atoms with Crippen molar-refractivity contribution in [2.24, 2.45) is 0 Å². The van der Waals surface area contributed by atoms with Crippen LogP contribution in [0.1, 0.15) is 10.4 Å². The summed E-state index contributed by atoms with van der Waals surface area (Å²) in [5, 5.41) is 20.2. The molecule has 0 aromatic heterocycles. The van der Waals surface area contributed by atoms with E-state index >= 15 is 0 Å². The molecule has 5 nitrogen and oxygen atoms in total. The molecule has 2 aromatic rings. The van der Waals surface area contributed by atoms with Crippen LogP contribution in [0.5, 0.6) is 5.75 Å². The van der Waals surface area contributed by atoms with Crippen molar-refractivity contribution in [3.8, 4) is 28.2 Å². The Balaban J connectivity index is 2.40. The Morgan fingerprint density at radius 1 is 0.906 bits per heavy atom. The first-order valence-electron chi connectivity index (χ1n) is 8.32. The number of aromatic hydroxyl groups is 1. The van der Waals surface area contributed by atoms with Crippen molar-refractivity contribution >= 4 is 131 Å². The number of carbonyl (C=O) groups is 1. The van der Waals surface area contributed by atoms with Gasteiger partial charge in [-0.3, -0.25) is 4.79 Å². The third-order valence-electron chi connectivity index (χ3n) is 4.68. The molecule has 0 unspecified atom stereocenters. The largest absolute Gasteiger partial charge is 0.506 e.